The molecular weight excluding hydrogens is 214 g/mol. The number of hydrogen-bond acceptors (Lipinski definition) is 3. The van der Waals surface area contributed by atoms with Crippen LogP contribution < -0.4 is 4.72 Å². The monoisotopic (exact) mass is 225 g/mol. The second-order valence-electron chi connectivity index (χ2n) is 3.10. The summed E-state index contributed by atoms with van der Waals surface area (Å²) in [5.41, 5.74) is 1.23. The summed E-state index contributed by atoms with van der Waals surface area (Å²) in [6.07, 6.45) is 3.29. The third kappa shape index (κ3) is 1.94. The fourth-order valence-electron chi connectivity index (χ4n) is 1.29. The predicted octanol–water partition coefficient (Wildman–Crippen LogP) is 1.32. The first kappa shape index (κ1) is 9.97. The van der Waals surface area contributed by atoms with Gasteiger partial charge in [-0.15, -0.1) is 0 Å². The van der Waals surface area contributed by atoms with Gasteiger partial charge in [0.2, 0.25) is 10.0 Å². The third-order valence-electron chi connectivity index (χ3n) is 2.11. The summed E-state index contributed by atoms with van der Waals surface area (Å²) in [4.78, 5) is 6.99. The molecule has 0 unspecified atom stereocenters. The van der Waals surface area contributed by atoms with E-state index in [1.807, 2.05) is 0 Å². The number of hydrogen-bond donors (Lipinski definition) is 2. The van der Waals surface area contributed by atoms with Crippen LogP contribution in [0.2, 0.25) is 0 Å². The molecule has 2 N–H and O–H groups in total. The molecule has 5 nitrogen and oxygen atoms in total. The quantitative estimate of drug-likeness (QED) is 0.827. The number of nitrogens with one attached hydrogen (secondary N) is 2. The number of anilines is 1. The molecule has 6 heteroatoms. The fourth-order valence-corrected chi connectivity index (χ4v) is 1.95. The van der Waals surface area contributed by atoms with E-state index in [0.29, 0.717) is 11.3 Å². The molecule has 2 aromatic heterocycles. The molecule has 0 saturated carbocycles. The highest BCUT2D eigenvalue weighted by atomic mass is 32.2. The molecule has 0 aliphatic heterocycles. The number of fused-ring (bicyclic) bond motifs is 1. The maximum absolute atomic E-state index is 11.4. The van der Waals surface area contributed by atoms with Crippen LogP contribution in [-0.4, -0.2) is 24.1 Å². The fraction of sp³-hybridized carbons (Fsp3) is 0.222. The van der Waals surface area contributed by atoms with Gasteiger partial charge in [-0.25, -0.2) is 13.4 Å². The van der Waals surface area contributed by atoms with E-state index in [1.165, 1.54) is 0 Å². The molecule has 0 spiro atoms. The summed E-state index contributed by atoms with van der Waals surface area (Å²) in [6.45, 7) is 1.60. The van der Waals surface area contributed by atoms with E-state index in [1.54, 1.807) is 31.5 Å². The minimum Gasteiger partial charge on any atom is -0.346 e. The summed E-state index contributed by atoms with van der Waals surface area (Å²) in [5, 5.41) is 0.773. The molecule has 0 atom stereocenters. The van der Waals surface area contributed by atoms with Gasteiger partial charge >= 0.3 is 0 Å². The van der Waals surface area contributed by atoms with Gasteiger partial charge in [0.05, 0.1) is 11.4 Å². The number of aromatic amines is 1. The third-order valence-corrected chi connectivity index (χ3v) is 3.40. The number of pyridine rings is 1. The number of aromatic nitrogens is 2. The van der Waals surface area contributed by atoms with Gasteiger partial charge in [-0.05, 0) is 19.1 Å². The molecule has 0 radical (unpaired) electrons. The first-order valence-electron chi connectivity index (χ1n) is 4.55. The van der Waals surface area contributed by atoms with Gasteiger partial charge in [-0.3, -0.25) is 4.72 Å². The van der Waals surface area contributed by atoms with Crippen molar-refractivity contribution in [3.05, 3.63) is 24.5 Å². The zero-order valence-electron chi connectivity index (χ0n) is 8.19. The number of sulfonamides is 1. The molecule has 80 valence electrons. The highest BCUT2D eigenvalue weighted by Gasteiger charge is 2.09. The molecule has 2 rings (SSSR count). The average molecular weight is 225 g/mol. The molecular formula is C9H11N3O2S. The van der Waals surface area contributed by atoms with E-state index in [4.69, 9.17) is 0 Å². The molecule has 0 aliphatic carbocycles. The van der Waals surface area contributed by atoms with Crippen LogP contribution in [0.3, 0.4) is 0 Å². The van der Waals surface area contributed by atoms with Crippen LogP contribution in [0, 0.1) is 0 Å². The van der Waals surface area contributed by atoms with Gasteiger partial charge in [0.25, 0.3) is 0 Å². The van der Waals surface area contributed by atoms with Crippen LogP contribution in [0.5, 0.6) is 0 Å². The highest BCUT2D eigenvalue weighted by Crippen LogP contribution is 2.21. The predicted molar refractivity (Wildman–Crippen MR) is 59.2 cm³/mol. The molecule has 15 heavy (non-hydrogen) atoms. The smallest absolute Gasteiger partial charge is 0.232 e. The Morgan fingerprint density at radius 2 is 2.27 bits per heavy atom. The zero-order chi connectivity index (χ0) is 10.9. The van der Waals surface area contributed by atoms with Gasteiger partial charge in [0, 0.05) is 17.8 Å². The number of H-pyrrole nitrogens is 1. The van der Waals surface area contributed by atoms with Crippen molar-refractivity contribution < 1.29 is 8.42 Å². The van der Waals surface area contributed by atoms with Crippen molar-refractivity contribution in [2.24, 2.45) is 0 Å². The molecule has 0 aromatic carbocycles. The Hall–Kier alpha value is -1.56. The molecule has 2 aromatic rings. The topological polar surface area (TPSA) is 74.8 Å². The summed E-state index contributed by atoms with van der Waals surface area (Å²) in [6, 6.07) is 3.43. The maximum Gasteiger partial charge on any atom is 0.232 e. The summed E-state index contributed by atoms with van der Waals surface area (Å²) < 4.78 is 25.3. The van der Waals surface area contributed by atoms with Crippen molar-refractivity contribution in [2.45, 2.75) is 6.92 Å². The molecule has 0 aliphatic rings. The first-order valence-corrected chi connectivity index (χ1v) is 6.20. The van der Waals surface area contributed by atoms with E-state index in [2.05, 4.69) is 14.7 Å². The summed E-state index contributed by atoms with van der Waals surface area (Å²) in [5.74, 6) is 0.0568. The Kier molecular flexibility index (Phi) is 2.36. The number of nitrogens with zero attached hydrogens (tertiary/aromatic N) is 1. The summed E-state index contributed by atoms with van der Waals surface area (Å²) in [7, 11) is -3.23. The van der Waals surface area contributed by atoms with E-state index in [9.17, 15) is 8.42 Å². The Morgan fingerprint density at radius 1 is 1.47 bits per heavy atom. The second kappa shape index (κ2) is 3.54. The molecule has 2 heterocycles. The normalized spacial score (nSPS) is 11.8. The average Bonchev–Trinajstić information content (AvgIpc) is 2.66. The van der Waals surface area contributed by atoms with Crippen LogP contribution in [0.15, 0.2) is 24.5 Å². The minimum absolute atomic E-state index is 0.0568. The SMILES string of the molecule is CCS(=O)(=O)Nc1ccnc2[nH]ccc12. The van der Waals surface area contributed by atoms with Gasteiger partial charge in [0.15, 0.2) is 0 Å². The van der Waals surface area contributed by atoms with Gasteiger partial charge < -0.3 is 4.98 Å². The lowest BCUT2D eigenvalue weighted by Crippen LogP contribution is -2.14. The highest BCUT2D eigenvalue weighted by molar-refractivity contribution is 7.92. The Balaban J connectivity index is 2.48. The minimum atomic E-state index is -3.23. The first-order chi connectivity index (χ1) is 7.12. The van der Waals surface area contributed by atoms with E-state index < -0.39 is 10.0 Å². The largest absolute Gasteiger partial charge is 0.346 e. The lowest BCUT2D eigenvalue weighted by atomic mass is 10.3. The lowest BCUT2D eigenvalue weighted by molar-refractivity contribution is 0.602. The zero-order valence-corrected chi connectivity index (χ0v) is 9.00. The van der Waals surface area contributed by atoms with Crippen molar-refractivity contribution >= 4 is 26.7 Å². The van der Waals surface area contributed by atoms with Gasteiger partial charge in [-0.2, -0.15) is 0 Å². The maximum atomic E-state index is 11.4. The van der Waals surface area contributed by atoms with Crippen molar-refractivity contribution in [1.82, 2.24) is 9.97 Å². The van der Waals surface area contributed by atoms with Gasteiger partial charge in [-0.1, -0.05) is 0 Å². The number of rotatable bonds is 3. The Labute approximate surface area is 87.6 Å². The van der Waals surface area contributed by atoms with Gasteiger partial charge in [0.1, 0.15) is 5.65 Å². The van der Waals surface area contributed by atoms with Crippen LogP contribution in [0.25, 0.3) is 11.0 Å². The van der Waals surface area contributed by atoms with Crippen molar-refractivity contribution in [3.8, 4) is 0 Å². The molecule has 0 saturated heterocycles. The molecule has 0 amide bonds. The van der Waals surface area contributed by atoms with Crippen molar-refractivity contribution in [1.29, 1.82) is 0 Å². The Morgan fingerprint density at radius 3 is 3.00 bits per heavy atom. The van der Waals surface area contributed by atoms with Crippen LogP contribution in [0.4, 0.5) is 5.69 Å². The van der Waals surface area contributed by atoms with Crippen molar-refractivity contribution in [2.75, 3.05) is 10.5 Å². The second-order valence-corrected chi connectivity index (χ2v) is 5.11. The van der Waals surface area contributed by atoms with E-state index >= 15 is 0 Å². The molecule has 0 fully saturated rings. The van der Waals surface area contributed by atoms with E-state index in [0.717, 1.165) is 5.39 Å². The van der Waals surface area contributed by atoms with E-state index in [-0.39, 0.29) is 5.75 Å². The standard InChI is InChI=1S/C9H11N3O2S/c1-2-15(13,14)12-8-4-6-11-9-7(8)3-5-10-9/h3-6H,2H2,1H3,(H2,10,11,12). The van der Waals surface area contributed by atoms with Crippen LogP contribution >= 0.6 is 0 Å². The lowest BCUT2D eigenvalue weighted by Gasteiger charge is -2.06. The summed E-state index contributed by atoms with van der Waals surface area (Å²) >= 11 is 0. The van der Waals surface area contributed by atoms with Crippen LogP contribution in [-0.2, 0) is 10.0 Å². The molecule has 0 bridgehead atoms. The van der Waals surface area contributed by atoms with Crippen LogP contribution in [0.1, 0.15) is 6.92 Å². The Bertz CT molecular complexity index is 574. The van der Waals surface area contributed by atoms with Crippen molar-refractivity contribution in [3.63, 3.8) is 0 Å².